The topological polar surface area (TPSA) is 61.4 Å². The number of nitrogens with one attached hydrogen (secondary N) is 2. The summed E-state index contributed by atoms with van der Waals surface area (Å²) in [5, 5.41) is 8.24. The number of carboxylic acid groups (broad SMARTS) is 1. The van der Waals surface area contributed by atoms with E-state index in [9.17, 15) is 13.6 Å². The number of halogens is 2. The highest BCUT2D eigenvalue weighted by atomic mass is 32.1. The Kier molecular flexibility index (Phi) is 3.51. The van der Waals surface area contributed by atoms with Crippen molar-refractivity contribution in [1.82, 2.24) is 10.9 Å². The van der Waals surface area contributed by atoms with Crippen LogP contribution in [0.5, 0.6) is 0 Å². The monoisotopic (exact) mass is 232 g/mol. The molecule has 3 N–H and O–H groups in total. The van der Waals surface area contributed by atoms with Gasteiger partial charge in [0, 0.05) is 5.56 Å². The number of thiocarbonyl (C=S) groups is 1. The van der Waals surface area contributed by atoms with E-state index in [0.717, 1.165) is 12.1 Å². The van der Waals surface area contributed by atoms with Crippen molar-refractivity contribution >= 4 is 23.3 Å². The Morgan fingerprint density at radius 3 is 2.47 bits per heavy atom. The quantitative estimate of drug-likeness (QED) is 0.506. The van der Waals surface area contributed by atoms with E-state index >= 15 is 0 Å². The molecule has 0 unspecified atom stereocenters. The van der Waals surface area contributed by atoms with Crippen molar-refractivity contribution in [2.24, 2.45) is 0 Å². The highest BCUT2D eigenvalue weighted by molar-refractivity contribution is 7.80. The van der Waals surface area contributed by atoms with Gasteiger partial charge >= 0.3 is 6.09 Å². The molecule has 4 nitrogen and oxygen atoms in total. The zero-order valence-electron chi connectivity index (χ0n) is 7.25. The van der Waals surface area contributed by atoms with E-state index in [1.54, 1.807) is 5.43 Å². The number of hydrogen-bond acceptors (Lipinski definition) is 2. The summed E-state index contributed by atoms with van der Waals surface area (Å²) in [5.41, 5.74) is 4.10. The van der Waals surface area contributed by atoms with Crippen molar-refractivity contribution in [3.8, 4) is 0 Å². The minimum atomic E-state index is -1.33. The van der Waals surface area contributed by atoms with Gasteiger partial charge in [-0.2, -0.15) is 0 Å². The van der Waals surface area contributed by atoms with Gasteiger partial charge in [0.1, 0.15) is 4.99 Å². The maximum Gasteiger partial charge on any atom is 0.423 e. The molecule has 0 bridgehead atoms. The molecule has 0 aliphatic heterocycles. The lowest BCUT2D eigenvalue weighted by molar-refractivity contribution is 0.192. The molecule has 0 atom stereocenters. The van der Waals surface area contributed by atoms with Crippen LogP contribution >= 0.6 is 12.2 Å². The van der Waals surface area contributed by atoms with Gasteiger partial charge in [-0.1, -0.05) is 12.2 Å². The fraction of sp³-hybridized carbons (Fsp3) is 0. The Labute approximate surface area is 88.9 Å². The van der Waals surface area contributed by atoms with E-state index in [1.165, 1.54) is 6.07 Å². The van der Waals surface area contributed by atoms with Gasteiger partial charge in [0.15, 0.2) is 11.6 Å². The molecule has 0 saturated carbocycles. The molecule has 0 spiro atoms. The molecule has 0 fully saturated rings. The first kappa shape index (κ1) is 11.3. The smallest absolute Gasteiger partial charge is 0.423 e. The fourth-order valence-electron chi connectivity index (χ4n) is 0.820. The first-order chi connectivity index (χ1) is 7.00. The van der Waals surface area contributed by atoms with Crippen LogP contribution in [0, 0.1) is 11.6 Å². The molecule has 1 rings (SSSR count). The molecule has 1 aromatic rings. The number of rotatable bonds is 1. The molecule has 15 heavy (non-hydrogen) atoms. The third-order valence-corrected chi connectivity index (χ3v) is 1.80. The summed E-state index contributed by atoms with van der Waals surface area (Å²) in [5.74, 6) is -2.04. The summed E-state index contributed by atoms with van der Waals surface area (Å²) in [6, 6.07) is 3.00. The van der Waals surface area contributed by atoms with Crippen LogP contribution in [0.1, 0.15) is 5.56 Å². The normalized spacial score (nSPS) is 9.47. The zero-order valence-corrected chi connectivity index (χ0v) is 8.07. The second-order valence-electron chi connectivity index (χ2n) is 2.51. The summed E-state index contributed by atoms with van der Waals surface area (Å²) in [4.78, 5) is 10.0. The first-order valence-electron chi connectivity index (χ1n) is 3.75. The van der Waals surface area contributed by atoms with E-state index in [-0.39, 0.29) is 10.6 Å². The predicted octanol–water partition coefficient (Wildman–Crippen LogP) is 1.41. The van der Waals surface area contributed by atoms with Crippen molar-refractivity contribution in [1.29, 1.82) is 0 Å². The number of carbonyl (C=O) groups is 1. The SMILES string of the molecule is O=C(O)NNC(=S)c1ccc(F)c(F)c1. The molecule has 0 aromatic heterocycles. The van der Waals surface area contributed by atoms with E-state index in [0.29, 0.717) is 0 Å². The lowest BCUT2D eigenvalue weighted by atomic mass is 10.2. The number of amides is 1. The number of hydrazine groups is 1. The van der Waals surface area contributed by atoms with Crippen LogP contribution in [0.15, 0.2) is 18.2 Å². The Morgan fingerprint density at radius 1 is 1.27 bits per heavy atom. The third-order valence-electron chi connectivity index (χ3n) is 1.46. The van der Waals surface area contributed by atoms with E-state index in [4.69, 9.17) is 17.3 Å². The second kappa shape index (κ2) is 4.65. The minimum Gasteiger partial charge on any atom is -0.464 e. The molecule has 7 heteroatoms. The van der Waals surface area contributed by atoms with Crippen LogP contribution in [-0.4, -0.2) is 16.2 Å². The minimum absolute atomic E-state index is 0.0451. The molecular weight excluding hydrogens is 226 g/mol. The Hall–Kier alpha value is -1.76. The molecular formula is C8H6F2N2O2S. The Morgan fingerprint density at radius 2 is 1.93 bits per heavy atom. The maximum absolute atomic E-state index is 12.7. The van der Waals surface area contributed by atoms with Gasteiger partial charge in [0.2, 0.25) is 0 Å². The van der Waals surface area contributed by atoms with E-state index < -0.39 is 17.7 Å². The van der Waals surface area contributed by atoms with Gasteiger partial charge in [0.05, 0.1) is 0 Å². The van der Waals surface area contributed by atoms with Gasteiger partial charge in [-0.15, -0.1) is 0 Å². The summed E-state index contributed by atoms with van der Waals surface area (Å²) < 4.78 is 25.3. The van der Waals surface area contributed by atoms with Gasteiger partial charge in [0.25, 0.3) is 0 Å². The van der Waals surface area contributed by atoms with Crippen molar-refractivity contribution in [2.75, 3.05) is 0 Å². The average molecular weight is 232 g/mol. The highest BCUT2D eigenvalue weighted by Crippen LogP contribution is 2.08. The largest absolute Gasteiger partial charge is 0.464 e. The maximum atomic E-state index is 12.7. The Bertz CT molecular complexity index is 412. The van der Waals surface area contributed by atoms with Gasteiger partial charge < -0.3 is 5.11 Å². The Balaban J connectivity index is 2.74. The molecule has 1 aromatic carbocycles. The van der Waals surface area contributed by atoms with Gasteiger partial charge in [-0.3, -0.25) is 5.43 Å². The molecule has 0 aliphatic carbocycles. The lowest BCUT2D eigenvalue weighted by Crippen LogP contribution is -2.40. The van der Waals surface area contributed by atoms with Crippen LogP contribution in [0.3, 0.4) is 0 Å². The molecule has 0 aliphatic rings. The predicted molar refractivity (Wildman–Crippen MR) is 52.4 cm³/mol. The van der Waals surface area contributed by atoms with Gasteiger partial charge in [-0.05, 0) is 18.2 Å². The lowest BCUT2D eigenvalue weighted by Gasteiger charge is -2.06. The number of benzene rings is 1. The molecule has 0 saturated heterocycles. The van der Waals surface area contributed by atoms with Crippen molar-refractivity contribution in [2.45, 2.75) is 0 Å². The summed E-state index contributed by atoms with van der Waals surface area (Å²) in [6.07, 6.45) is -1.33. The zero-order chi connectivity index (χ0) is 11.4. The average Bonchev–Trinajstić information content (AvgIpc) is 2.18. The standard InChI is InChI=1S/C8H6F2N2O2S/c9-5-2-1-4(3-6(5)10)7(15)11-12-8(13)14/h1-3,12H,(H,11,15)(H,13,14). The highest BCUT2D eigenvalue weighted by Gasteiger charge is 2.06. The summed E-state index contributed by atoms with van der Waals surface area (Å²) in [7, 11) is 0. The van der Waals surface area contributed by atoms with Crippen molar-refractivity contribution in [3.63, 3.8) is 0 Å². The summed E-state index contributed by atoms with van der Waals surface area (Å²) in [6.45, 7) is 0. The third kappa shape index (κ3) is 3.13. The van der Waals surface area contributed by atoms with Gasteiger partial charge in [-0.25, -0.2) is 19.0 Å². The van der Waals surface area contributed by atoms with E-state index in [1.807, 2.05) is 0 Å². The van der Waals surface area contributed by atoms with E-state index in [2.05, 4.69) is 5.43 Å². The van der Waals surface area contributed by atoms with Crippen LogP contribution in [-0.2, 0) is 0 Å². The second-order valence-corrected chi connectivity index (χ2v) is 2.92. The van der Waals surface area contributed by atoms with Crippen molar-refractivity contribution < 1.29 is 18.7 Å². The van der Waals surface area contributed by atoms with Crippen LogP contribution in [0.4, 0.5) is 13.6 Å². The summed E-state index contributed by atoms with van der Waals surface area (Å²) >= 11 is 4.72. The first-order valence-corrected chi connectivity index (χ1v) is 4.16. The molecule has 1 amide bonds. The molecule has 80 valence electrons. The van der Waals surface area contributed by atoms with Crippen molar-refractivity contribution in [3.05, 3.63) is 35.4 Å². The van der Waals surface area contributed by atoms with Crippen LogP contribution in [0.25, 0.3) is 0 Å². The molecule has 0 radical (unpaired) electrons. The van der Waals surface area contributed by atoms with Crippen LogP contribution < -0.4 is 10.9 Å². The molecule has 0 heterocycles. The fourth-order valence-corrected chi connectivity index (χ4v) is 0.998. The van der Waals surface area contributed by atoms with Crippen LogP contribution in [0.2, 0.25) is 0 Å². The number of hydrogen-bond donors (Lipinski definition) is 3.